The Bertz CT molecular complexity index is 669. The van der Waals surface area contributed by atoms with Crippen LogP contribution < -0.4 is 5.73 Å². The van der Waals surface area contributed by atoms with Crippen LogP contribution in [0.5, 0.6) is 0 Å². The third-order valence-corrected chi connectivity index (χ3v) is 4.83. The minimum absolute atomic E-state index is 0.0504. The zero-order chi connectivity index (χ0) is 15.5. The third kappa shape index (κ3) is 2.88. The van der Waals surface area contributed by atoms with Crippen LogP contribution in [0.15, 0.2) is 24.4 Å². The van der Waals surface area contributed by atoms with E-state index in [1.165, 1.54) is 37.7 Å². The monoisotopic (exact) mass is 300 g/mol. The second-order valence-electron chi connectivity index (χ2n) is 6.34. The highest BCUT2D eigenvalue weighted by Gasteiger charge is 2.19. The van der Waals surface area contributed by atoms with Gasteiger partial charge >= 0.3 is 0 Å². The fraction of sp³-hybridized carbons (Fsp3) is 0.500. The lowest BCUT2D eigenvalue weighted by atomic mass is 9.84. The maximum Gasteiger partial charge on any atom is 0.250 e. The number of benzene rings is 1. The molecule has 3 rings (SSSR count). The molecule has 1 amide bonds. The van der Waals surface area contributed by atoms with Gasteiger partial charge in [-0.15, -0.1) is 0 Å². The molecule has 1 aromatic carbocycles. The van der Waals surface area contributed by atoms with Crippen LogP contribution in [-0.4, -0.2) is 22.2 Å². The van der Waals surface area contributed by atoms with Gasteiger partial charge in [0.15, 0.2) is 0 Å². The number of aromatic nitrogens is 1. The van der Waals surface area contributed by atoms with Crippen LogP contribution in [0.4, 0.5) is 0 Å². The second kappa shape index (κ2) is 6.53. The molecular formula is C18H24N2O2. The van der Waals surface area contributed by atoms with E-state index in [0.29, 0.717) is 18.0 Å². The van der Waals surface area contributed by atoms with Crippen LogP contribution in [0.3, 0.4) is 0 Å². The molecule has 22 heavy (non-hydrogen) atoms. The number of nitrogens with two attached hydrogens (primary N) is 1. The molecule has 0 radical (unpaired) electrons. The highest BCUT2D eigenvalue weighted by molar-refractivity contribution is 6.07. The number of hydrogen-bond acceptors (Lipinski definition) is 2. The zero-order valence-electron chi connectivity index (χ0n) is 12.9. The van der Waals surface area contributed by atoms with Crippen molar-refractivity contribution in [1.82, 2.24) is 4.57 Å². The van der Waals surface area contributed by atoms with Crippen LogP contribution in [0, 0.1) is 5.92 Å². The van der Waals surface area contributed by atoms with E-state index >= 15 is 0 Å². The van der Waals surface area contributed by atoms with Crippen molar-refractivity contribution in [2.75, 3.05) is 6.61 Å². The SMILES string of the molecule is NC(=O)c1cn(CCO)c2cccc(CC3CCCCC3)c12. The van der Waals surface area contributed by atoms with E-state index in [2.05, 4.69) is 6.07 Å². The van der Waals surface area contributed by atoms with E-state index in [1.807, 2.05) is 16.7 Å². The van der Waals surface area contributed by atoms with Gasteiger partial charge in [-0.25, -0.2) is 0 Å². The maximum absolute atomic E-state index is 11.8. The molecule has 4 heteroatoms. The normalized spacial score (nSPS) is 16.2. The summed E-state index contributed by atoms with van der Waals surface area (Å²) in [4.78, 5) is 11.8. The Kier molecular flexibility index (Phi) is 4.48. The van der Waals surface area contributed by atoms with Crippen molar-refractivity contribution in [3.63, 3.8) is 0 Å². The first-order valence-electron chi connectivity index (χ1n) is 8.22. The summed E-state index contributed by atoms with van der Waals surface area (Å²) in [6, 6.07) is 6.16. The number of primary amides is 1. The summed E-state index contributed by atoms with van der Waals surface area (Å²) in [5, 5.41) is 10.2. The van der Waals surface area contributed by atoms with Gasteiger partial charge in [0.1, 0.15) is 0 Å². The molecule has 0 saturated heterocycles. The average molecular weight is 300 g/mol. The maximum atomic E-state index is 11.8. The molecular weight excluding hydrogens is 276 g/mol. The van der Waals surface area contributed by atoms with E-state index in [4.69, 9.17) is 5.73 Å². The van der Waals surface area contributed by atoms with Gasteiger partial charge in [0, 0.05) is 23.6 Å². The lowest BCUT2D eigenvalue weighted by Gasteiger charge is -2.22. The first-order chi connectivity index (χ1) is 10.7. The number of aliphatic hydroxyl groups excluding tert-OH is 1. The number of hydrogen-bond donors (Lipinski definition) is 2. The summed E-state index contributed by atoms with van der Waals surface area (Å²) in [5.41, 5.74) is 8.37. The number of aliphatic hydroxyl groups is 1. The molecule has 2 aromatic rings. The average Bonchev–Trinajstić information content (AvgIpc) is 2.89. The highest BCUT2D eigenvalue weighted by Crippen LogP contribution is 2.31. The Morgan fingerprint density at radius 3 is 2.73 bits per heavy atom. The summed E-state index contributed by atoms with van der Waals surface area (Å²) < 4.78 is 1.93. The Balaban J connectivity index is 2.03. The molecule has 0 aliphatic heterocycles. The van der Waals surface area contributed by atoms with Gasteiger partial charge in [0.05, 0.1) is 12.2 Å². The molecule has 3 N–H and O–H groups in total. The standard InChI is InChI=1S/C18H24N2O2/c19-18(22)15-12-20(9-10-21)16-8-4-7-14(17(15)16)11-13-5-2-1-3-6-13/h4,7-8,12-13,21H,1-3,5-6,9-11H2,(H2,19,22). The summed E-state index contributed by atoms with van der Waals surface area (Å²) >= 11 is 0. The van der Waals surface area contributed by atoms with E-state index in [1.54, 1.807) is 6.20 Å². The summed E-state index contributed by atoms with van der Waals surface area (Å²) in [7, 11) is 0. The molecule has 1 saturated carbocycles. The van der Waals surface area contributed by atoms with Crippen LogP contribution >= 0.6 is 0 Å². The summed E-state index contributed by atoms with van der Waals surface area (Å²) in [6.07, 6.45) is 9.33. The third-order valence-electron chi connectivity index (χ3n) is 4.83. The fourth-order valence-electron chi connectivity index (χ4n) is 3.78. The lowest BCUT2D eigenvalue weighted by Crippen LogP contribution is -2.12. The molecule has 1 aliphatic rings. The highest BCUT2D eigenvalue weighted by atomic mass is 16.3. The molecule has 1 heterocycles. The van der Waals surface area contributed by atoms with Gasteiger partial charge in [-0.3, -0.25) is 4.79 Å². The minimum Gasteiger partial charge on any atom is -0.395 e. The number of carbonyl (C=O) groups excluding carboxylic acids is 1. The van der Waals surface area contributed by atoms with Crippen molar-refractivity contribution in [3.8, 4) is 0 Å². The van der Waals surface area contributed by atoms with E-state index < -0.39 is 5.91 Å². The molecule has 0 unspecified atom stereocenters. The molecule has 4 nitrogen and oxygen atoms in total. The first kappa shape index (κ1) is 15.1. The molecule has 118 valence electrons. The largest absolute Gasteiger partial charge is 0.395 e. The van der Waals surface area contributed by atoms with E-state index in [9.17, 15) is 9.90 Å². The molecule has 1 aromatic heterocycles. The second-order valence-corrected chi connectivity index (χ2v) is 6.34. The molecule has 1 fully saturated rings. The Hall–Kier alpha value is -1.81. The Morgan fingerprint density at radius 2 is 2.05 bits per heavy atom. The quantitative estimate of drug-likeness (QED) is 0.891. The van der Waals surface area contributed by atoms with Crippen molar-refractivity contribution >= 4 is 16.8 Å². The predicted octanol–water partition coefficient (Wildman–Crippen LogP) is 2.86. The van der Waals surface area contributed by atoms with Crippen LogP contribution in [0.2, 0.25) is 0 Å². The van der Waals surface area contributed by atoms with E-state index in [0.717, 1.165) is 17.3 Å². The molecule has 0 spiro atoms. The van der Waals surface area contributed by atoms with E-state index in [-0.39, 0.29) is 6.61 Å². The number of carbonyl (C=O) groups is 1. The molecule has 0 atom stereocenters. The van der Waals surface area contributed by atoms with Crippen LogP contribution in [0.1, 0.15) is 48.0 Å². The zero-order valence-corrected chi connectivity index (χ0v) is 12.9. The topological polar surface area (TPSA) is 68.2 Å². The minimum atomic E-state index is -0.391. The number of nitrogens with zero attached hydrogens (tertiary/aromatic N) is 1. The van der Waals surface area contributed by atoms with Crippen molar-refractivity contribution < 1.29 is 9.90 Å². The van der Waals surface area contributed by atoms with Gasteiger partial charge in [0.25, 0.3) is 5.91 Å². The first-order valence-corrected chi connectivity index (χ1v) is 8.22. The number of rotatable bonds is 5. The predicted molar refractivity (Wildman–Crippen MR) is 87.8 cm³/mol. The Morgan fingerprint density at radius 1 is 1.27 bits per heavy atom. The van der Waals surface area contributed by atoms with Crippen LogP contribution in [0.25, 0.3) is 10.9 Å². The van der Waals surface area contributed by atoms with Gasteiger partial charge < -0.3 is 15.4 Å². The Labute approximate surface area is 130 Å². The van der Waals surface area contributed by atoms with Crippen LogP contribution in [-0.2, 0) is 13.0 Å². The van der Waals surface area contributed by atoms with Gasteiger partial charge in [0.2, 0.25) is 0 Å². The van der Waals surface area contributed by atoms with Gasteiger partial charge in [-0.1, -0.05) is 44.2 Å². The van der Waals surface area contributed by atoms with Gasteiger partial charge in [-0.2, -0.15) is 0 Å². The number of fused-ring (bicyclic) bond motifs is 1. The van der Waals surface area contributed by atoms with Crippen molar-refractivity contribution in [2.45, 2.75) is 45.1 Å². The van der Waals surface area contributed by atoms with Crippen molar-refractivity contribution in [1.29, 1.82) is 0 Å². The smallest absolute Gasteiger partial charge is 0.250 e. The molecule has 1 aliphatic carbocycles. The van der Waals surface area contributed by atoms with Crippen molar-refractivity contribution in [3.05, 3.63) is 35.5 Å². The molecule has 0 bridgehead atoms. The summed E-state index contributed by atoms with van der Waals surface area (Å²) in [6.45, 7) is 0.533. The lowest BCUT2D eigenvalue weighted by molar-refractivity contribution is 0.100. The fourth-order valence-corrected chi connectivity index (χ4v) is 3.78. The van der Waals surface area contributed by atoms with Crippen molar-refractivity contribution in [2.24, 2.45) is 11.7 Å². The van der Waals surface area contributed by atoms with Gasteiger partial charge in [-0.05, 0) is 24.0 Å². The summed E-state index contributed by atoms with van der Waals surface area (Å²) in [5.74, 6) is 0.319. The number of amides is 1.